The maximum Gasteiger partial charge on any atom is 0.276 e. The number of hydrogen-bond donors (Lipinski definition) is 1. The SMILES string of the molecule is C=S(C)c1cccc(NC(=O)c2c(F)cnn2CC2CCCCC2)c1. The number of carbonyl (C=O) groups is 1. The van der Waals surface area contributed by atoms with Gasteiger partial charge in [-0.1, -0.05) is 31.2 Å². The fourth-order valence-electron chi connectivity index (χ4n) is 3.32. The number of rotatable bonds is 5. The molecule has 134 valence electrons. The third-order valence-electron chi connectivity index (χ3n) is 4.66. The molecule has 1 aliphatic carbocycles. The van der Waals surface area contributed by atoms with E-state index in [0.29, 0.717) is 18.2 Å². The Morgan fingerprint density at radius 3 is 2.88 bits per heavy atom. The summed E-state index contributed by atoms with van der Waals surface area (Å²) in [6.45, 7) is 0.601. The Labute approximate surface area is 150 Å². The third-order valence-corrected chi connectivity index (χ3v) is 5.72. The first-order valence-corrected chi connectivity index (χ1v) is 10.4. The normalized spacial score (nSPS) is 16.6. The summed E-state index contributed by atoms with van der Waals surface area (Å²) in [5, 5.41) is 6.89. The lowest BCUT2D eigenvalue weighted by Crippen LogP contribution is -2.23. The molecule has 0 bridgehead atoms. The average molecular weight is 361 g/mol. The van der Waals surface area contributed by atoms with Crippen LogP contribution in [0.4, 0.5) is 10.1 Å². The van der Waals surface area contributed by atoms with Crippen molar-refractivity contribution in [1.82, 2.24) is 9.78 Å². The van der Waals surface area contributed by atoms with Crippen molar-refractivity contribution in [3.63, 3.8) is 0 Å². The Kier molecular flexibility index (Phi) is 5.68. The van der Waals surface area contributed by atoms with Crippen molar-refractivity contribution in [1.29, 1.82) is 0 Å². The Bertz CT molecular complexity index is 781. The largest absolute Gasteiger partial charge is 0.321 e. The second-order valence-corrected chi connectivity index (χ2v) is 8.39. The fraction of sp³-hybridized carbons (Fsp3) is 0.421. The van der Waals surface area contributed by atoms with Gasteiger partial charge in [0.2, 0.25) is 0 Å². The van der Waals surface area contributed by atoms with Crippen LogP contribution in [0.5, 0.6) is 0 Å². The lowest BCUT2D eigenvalue weighted by molar-refractivity contribution is 0.101. The lowest BCUT2D eigenvalue weighted by Gasteiger charge is -2.22. The average Bonchev–Trinajstić information content (AvgIpc) is 2.96. The van der Waals surface area contributed by atoms with Gasteiger partial charge in [0.05, 0.1) is 6.20 Å². The van der Waals surface area contributed by atoms with Gasteiger partial charge in [-0.3, -0.25) is 9.48 Å². The van der Waals surface area contributed by atoms with E-state index in [-0.39, 0.29) is 16.2 Å². The Morgan fingerprint density at radius 1 is 1.40 bits per heavy atom. The molecule has 0 saturated heterocycles. The van der Waals surface area contributed by atoms with Crippen molar-refractivity contribution in [2.75, 3.05) is 11.6 Å². The number of nitrogens with one attached hydrogen (secondary N) is 1. The highest BCUT2D eigenvalue weighted by Crippen LogP contribution is 2.26. The summed E-state index contributed by atoms with van der Waals surface area (Å²) in [6, 6.07) is 7.52. The van der Waals surface area contributed by atoms with E-state index in [1.165, 1.54) is 23.9 Å². The van der Waals surface area contributed by atoms with Crippen LogP contribution in [0.15, 0.2) is 35.4 Å². The summed E-state index contributed by atoms with van der Waals surface area (Å²) >= 11 is 0. The predicted octanol–water partition coefficient (Wildman–Crippen LogP) is 4.54. The minimum Gasteiger partial charge on any atom is -0.321 e. The van der Waals surface area contributed by atoms with Crippen LogP contribution >= 0.6 is 10.5 Å². The minimum absolute atomic E-state index is 0.0149. The molecule has 0 radical (unpaired) electrons. The first kappa shape index (κ1) is 17.9. The van der Waals surface area contributed by atoms with Crippen molar-refractivity contribution >= 4 is 27.9 Å². The summed E-state index contributed by atoms with van der Waals surface area (Å²) in [7, 11) is -0.148. The van der Waals surface area contributed by atoms with Gasteiger partial charge in [0.1, 0.15) is 0 Å². The molecule has 1 unspecified atom stereocenters. The zero-order valence-corrected chi connectivity index (χ0v) is 15.3. The van der Waals surface area contributed by atoms with E-state index < -0.39 is 11.7 Å². The summed E-state index contributed by atoms with van der Waals surface area (Å²) in [6.07, 6.45) is 9.05. The maximum absolute atomic E-state index is 14.2. The quantitative estimate of drug-likeness (QED) is 0.795. The Balaban J connectivity index is 1.76. The molecule has 25 heavy (non-hydrogen) atoms. The molecule has 1 amide bonds. The van der Waals surface area contributed by atoms with Crippen LogP contribution in [0.1, 0.15) is 42.6 Å². The number of amides is 1. The number of hydrogen-bond acceptors (Lipinski definition) is 2. The molecule has 1 heterocycles. The van der Waals surface area contributed by atoms with Crippen LogP contribution in [0.2, 0.25) is 0 Å². The van der Waals surface area contributed by atoms with Gasteiger partial charge in [-0.25, -0.2) is 4.39 Å². The second kappa shape index (κ2) is 7.95. The van der Waals surface area contributed by atoms with Crippen LogP contribution in [0.3, 0.4) is 0 Å². The molecule has 4 nitrogen and oxygen atoms in total. The molecule has 1 aromatic heterocycles. The minimum atomic E-state index is -0.572. The molecular formula is C19H24FN3OS. The Morgan fingerprint density at radius 2 is 2.16 bits per heavy atom. The van der Waals surface area contributed by atoms with Gasteiger partial charge in [0, 0.05) is 17.1 Å². The van der Waals surface area contributed by atoms with E-state index in [0.717, 1.165) is 23.9 Å². The molecule has 1 aromatic carbocycles. The van der Waals surface area contributed by atoms with Gasteiger partial charge in [0.25, 0.3) is 5.91 Å². The van der Waals surface area contributed by atoms with Crippen LogP contribution < -0.4 is 5.32 Å². The molecule has 3 rings (SSSR count). The molecule has 6 heteroatoms. The van der Waals surface area contributed by atoms with Gasteiger partial charge < -0.3 is 5.32 Å². The van der Waals surface area contributed by atoms with Crippen LogP contribution in [0.25, 0.3) is 0 Å². The van der Waals surface area contributed by atoms with Crippen LogP contribution in [-0.4, -0.2) is 27.8 Å². The number of halogens is 1. The van der Waals surface area contributed by atoms with Crippen LogP contribution in [0, 0.1) is 11.7 Å². The molecule has 0 spiro atoms. The summed E-state index contributed by atoms with van der Waals surface area (Å²) in [5.74, 6) is 3.45. The molecule has 0 aliphatic heterocycles. The van der Waals surface area contributed by atoms with Crippen molar-refractivity contribution in [3.8, 4) is 0 Å². The monoisotopic (exact) mass is 361 g/mol. The van der Waals surface area contributed by atoms with Crippen molar-refractivity contribution in [3.05, 3.63) is 42.0 Å². The molecule has 2 aromatic rings. The number of benzene rings is 1. The van der Waals surface area contributed by atoms with Crippen LogP contribution in [-0.2, 0) is 6.54 Å². The molecule has 1 fully saturated rings. The summed E-state index contributed by atoms with van der Waals surface area (Å²) in [4.78, 5) is 13.7. The predicted molar refractivity (Wildman–Crippen MR) is 102 cm³/mol. The van der Waals surface area contributed by atoms with E-state index in [2.05, 4.69) is 16.3 Å². The van der Waals surface area contributed by atoms with E-state index >= 15 is 0 Å². The molecule has 1 saturated carbocycles. The van der Waals surface area contributed by atoms with Gasteiger partial charge in [-0.15, -0.1) is 0 Å². The molecule has 1 aliphatic rings. The van der Waals surface area contributed by atoms with Crippen molar-refractivity contribution in [2.45, 2.75) is 43.5 Å². The topological polar surface area (TPSA) is 46.9 Å². The highest BCUT2D eigenvalue weighted by molar-refractivity contribution is 8.13. The second-order valence-electron chi connectivity index (χ2n) is 6.65. The number of carbonyl (C=O) groups excluding carboxylic acids is 1. The lowest BCUT2D eigenvalue weighted by atomic mass is 9.89. The summed E-state index contributed by atoms with van der Waals surface area (Å²) in [5.41, 5.74) is 0.663. The van der Waals surface area contributed by atoms with Gasteiger partial charge >= 0.3 is 0 Å². The first-order valence-electron chi connectivity index (χ1n) is 8.63. The number of anilines is 1. The highest BCUT2D eigenvalue weighted by atomic mass is 32.2. The third kappa shape index (κ3) is 4.37. The Hall–Kier alpha value is -1.95. The maximum atomic E-state index is 14.2. The van der Waals surface area contributed by atoms with Crippen molar-refractivity contribution in [2.24, 2.45) is 5.92 Å². The fourth-order valence-corrected chi connectivity index (χ4v) is 3.96. The smallest absolute Gasteiger partial charge is 0.276 e. The van der Waals surface area contributed by atoms with E-state index in [1.807, 2.05) is 24.5 Å². The molecular weight excluding hydrogens is 337 g/mol. The highest BCUT2D eigenvalue weighted by Gasteiger charge is 2.22. The zero-order valence-electron chi connectivity index (χ0n) is 14.5. The van der Waals surface area contributed by atoms with Gasteiger partial charge in [-0.05, 0) is 43.2 Å². The first-order chi connectivity index (χ1) is 12.0. The summed E-state index contributed by atoms with van der Waals surface area (Å²) < 4.78 is 15.7. The van der Waals surface area contributed by atoms with E-state index in [4.69, 9.17) is 0 Å². The van der Waals surface area contributed by atoms with Gasteiger partial charge in [0.15, 0.2) is 11.5 Å². The zero-order chi connectivity index (χ0) is 17.8. The number of nitrogens with zero attached hydrogens (tertiary/aromatic N) is 2. The van der Waals surface area contributed by atoms with E-state index in [1.54, 1.807) is 6.07 Å². The molecule has 1 atom stereocenters. The number of aromatic nitrogens is 2. The van der Waals surface area contributed by atoms with Gasteiger partial charge in [-0.2, -0.15) is 15.6 Å². The van der Waals surface area contributed by atoms with E-state index in [9.17, 15) is 9.18 Å². The van der Waals surface area contributed by atoms with Crippen molar-refractivity contribution < 1.29 is 9.18 Å². The molecule has 1 N–H and O–H groups in total. The standard InChI is InChI=1S/C19H24FN3OS/c1-25(2)16-10-6-9-15(11-16)22-19(24)18-17(20)12-21-23(18)13-14-7-4-3-5-8-14/h6,9-12,14H,1,3-5,7-8,13H2,2H3,(H,22,24).